The summed E-state index contributed by atoms with van der Waals surface area (Å²) in [6.07, 6.45) is 4.68. The standard InChI is InChI=1S/C25H29N5O2S/c1-18-13-15-29(16-14-18)24-27-28-25(30(24)19-11-12-19)33-17-23(31)26-21-9-5-6-10-22(21)32-20-7-3-2-4-8-20/h2-10,18-19H,11-17H2,1H3,(H,26,31). The van der Waals surface area contributed by atoms with Gasteiger partial charge in [-0.2, -0.15) is 0 Å². The highest BCUT2D eigenvalue weighted by atomic mass is 32.2. The monoisotopic (exact) mass is 463 g/mol. The van der Waals surface area contributed by atoms with E-state index >= 15 is 0 Å². The molecule has 5 rings (SSSR count). The lowest BCUT2D eigenvalue weighted by atomic mass is 10.00. The summed E-state index contributed by atoms with van der Waals surface area (Å²) in [5.74, 6) is 3.25. The van der Waals surface area contributed by atoms with Crippen LogP contribution in [0, 0.1) is 5.92 Å². The number of hydrogen-bond acceptors (Lipinski definition) is 6. The van der Waals surface area contributed by atoms with Crippen molar-refractivity contribution in [3.8, 4) is 11.5 Å². The van der Waals surface area contributed by atoms with Gasteiger partial charge >= 0.3 is 0 Å². The van der Waals surface area contributed by atoms with Crippen LogP contribution in [0.15, 0.2) is 59.8 Å². The summed E-state index contributed by atoms with van der Waals surface area (Å²) in [6, 6.07) is 17.5. The van der Waals surface area contributed by atoms with Crippen LogP contribution in [-0.2, 0) is 4.79 Å². The molecule has 0 unspecified atom stereocenters. The number of rotatable bonds is 8. The summed E-state index contributed by atoms with van der Waals surface area (Å²) in [7, 11) is 0. The lowest BCUT2D eigenvalue weighted by Crippen LogP contribution is -2.34. The molecule has 172 valence electrons. The maximum atomic E-state index is 12.8. The van der Waals surface area contributed by atoms with Gasteiger partial charge in [0.15, 0.2) is 10.9 Å². The van der Waals surface area contributed by atoms with E-state index in [-0.39, 0.29) is 11.7 Å². The third kappa shape index (κ3) is 5.33. The van der Waals surface area contributed by atoms with Crippen molar-refractivity contribution < 1.29 is 9.53 Å². The first-order valence-electron chi connectivity index (χ1n) is 11.6. The molecule has 2 aromatic carbocycles. The van der Waals surface area contributed by atoms with E-state index in [0.29, 0.717) is 17.5 Å². The highest BCUT2D eigenvalue weighted by Crippen LogP contribution is 2.41. The molecule has 2 fully saturated rings. The first kappa shape index (κ1) is 21.8. The van der Waals surface area contributed by atoms with Crippen molar-refractivity contribution in [3.63, 3.8) is 0 Å². The molecule has 1 saturated carbocycles. The van der Waals surface area contributed by atoms with Crippen molar-refractivity contribution in [1.29, 1.82) is 0 Å². The quantitative estimate of drug-likeness (QED) is 0.453. The number of aromatic nitrogens is 3. The van der Waals surface area contributed by atoms with Gasteiger partial charge in [-0.1, -0.05) is 49.0 Å². The third-order valence-electron chi connectivity index (χ3n) is 6.09. The fraction of sp³-hybridized carbons (Fsp3) is 0.400. The SMILES string of the molecule is CC1CCN(c2nnc(SCC(=O)Nc3ccccc3Oc3ccccc3)n2C2CC2)CC1. The number of para-hydroxylation sites is 3. The van der Waals surface area contributed by atoms with Crippen LogP contribution in [0.5, 0.6) is 11.5 Å². The van der Waals surface area contributed by atoms with E-state index in [4.69, 9.17) is 4.74 Å². The van der Waals surface area contributed by atoms with Crippen LogP contribution in [0.2, 0.25) is 0 Å². The first-order valence-corrected chi connectivity index (χ1v) is 12.6. The first-order chi connectivity index (χ1) is 16.2. The molecule has 1 amide bonds. The molecule has 0 spiro atoms. The molecule has 2 heterocycles. The van der Waals surface area contributed by atoms with Gasteiger partial charge in [0.25, 0.3) is 0 Å². The van der Waals surface area contributed by atoms with Gasteiger partial charge in [-0.3, -0.25) is 9.36 Å². The largest absolute Gasteiger partial charge is 0.455 e. The van der Waals surface area contributed by atoms with Crippen LogP contribution in [0.3, 0.4) is 0 Å². The number of thioether (sulfide) groups is 1. The molecule has 0 radical (unpaired) electrons. The van der Waals surface area contributed by atoms with Gasteiger partial charge < -0.3 is 15.0 Å². The molecule has 1 N–H and O–H groups in total. The van der Waals surface area contributed by atoms with E-state index in [1.54, 1.807) is 0 Å². The molecule has 3 aromatic rings. The number of carbonyl (C=O) groups is 1. The number of hydrogen-bond donors (Lipinski definition) is 1. The van der Waals surface area contributed by atoms with E-state index in [1.807, 2.05) is 54.6 Å². The summed E-state index contributed by atoms with van der Waals surface area (Å²) in [6.45, 7) is 4.36. The smallest absolute Gasteiger partial charge is 0.234 e. The number of amides is 1. The molecule has 0 bridgehead atoms. The van der Waals surface area contributed by atoms with Gasteiger partial charge in [-0.25, -0.2) is 0 Å². The Balaban J connectivity index is 1.23. The molecule has 1 aliphatic heterocycles. The zero-order chi connectivity index (χ0) is 22.6. The van der Waals surface area contributed by atoms with Crippen molar-refractivity contribution in [1.82, 2.24) is 14.8 Å². The molecule has 8 heteroatoms. The van der Waals surface area contributed by atoms with Gasteiger partial charge in [-0.05, 0) is 55.9 Å². The normalized spacial score (nSPS) is 16.6. The molecule has 2 aliphatic rings. The summed E-state index contributed by atoms with van der Waals surface area (Å²) < 4.78 is 8.21. The Morgan fingerprint density at radius 1 is 1.03 bits per heavy atom. The fourth-order valence-corrected chi connectivity index (χ4v) is 4.84. The fourth-order valence-electron chi connectivity index (χ4n) is 4.04. The van der Waals surface area contributed by atoms with Gasteiger partial charge in [0.05, 0.1) is 11.4 Å². The molecule has 1 saturated heterocycles. The minimum Gasteiger partial charge on any atom is -0.455 e. The number of piperidine rings is 1. The lowest BCUT2D eigenvalue weighted by Gasteiger charge is -2.31. The van der Waals surface area contributed by atoms with E-state index < -0.39 is 0 Å². The maximum Gasteiger partial charge on any atom is 0.234 e. The number of carbonyl (C=O) groups excluding carboxylic acids is 1. The maximum absolute atomic E-state index is 12.8. The van der Waals surface area contributed by atoms with Gasteiger partial charge in [0.2, 0.25) is 11.9 Å². The second kappa shape index (κ2) is 9.87. The predicted molar refractivity (Wildman–Crippen MR) is 131 cm³/mol. The minimum absolute atomic E-state index is 0.0946. The van der Waals surface area contributed by atoms with Crippen LogP contribution >= 0.6 is 11.8 Å². The molecular weight excluding hydrogens is 434 g/mol. The topological polar surface area (TPSA) is 72.3 Å². The van der Waals surface area contributed by atoms with E-state index in [2.05, 4.69) is 31.9 Å². The number of nitrogens with one attached hydrogen (secondary N) is 1. The average molecular weight is 464 g/mol. The summed E-state index contributed by atoms with van der Waals surface area (Å²) in [5, 5.41) is 12.8. The van der Waals surface area contributed by atoms with Crippen molar-refractivity contribution in [2.24, 2.45) is 5.92 Å². The van der Waals surface area contributed by atoms with Gasteiger partial charge in [0.1, 0.15) is 5.75 Å². The zero-order valence-corrected chi connectivity index (χ0v) is 19.6. The molecule has 7 nitrogen and oxygen atoms in total. The van der Waals surface area contributed by atoms with Crippen molar-refractivity contribution >= 4 is 29.3 Å². The summed E-state index contributed by atoms with van der Waals surface area (Å²) >= 11 is 1.45. The zero-order valence-electron chi connectivity index (χ0n) is 18.8. The van der Waals surface area contributed by atoms with Crippen molar-refractivity contribution in [2.45, 2.75) is 43.8 Å². The number of anilines is 2. The van der Waals surface area contributed by atoms with Gasteiger partial charge in [0, 0.05) is 19.1 Å². The predicted octanol–water partition coefficient (Wildman–Crippen LogP) is 5.37. The highest BCUT2D eigenvalue weighted by Gasteiger charge is 2.32. The summed E-state index contributed by atoms with van der Waals surface area (Å²) in [4.78, 5) is 15.1. The number of ether oxygens (including phenoxy) is 1. The highest BCUT2D eigenvalue weighted by molar-refractivity contribution is 7.99. The Morgan fingerprint density at radius 2 is 1.76 bits per heavy atom. The van der Waals surface area contributed by atoms with Crippen molar-refractivity contribution in [3.05, 3.63) is 54.6 Å². The Bertz CT molecular complexity index is 1090. The van der Waals surface area contributed by atoms with E-state index in [0.717, 1.165) is 48.7 Å². The number of benzene rings is 2. The minimum atomic E-state index is -0.0946. The van der Waals surface area contributed by atoms with Crippen LogP contribution in [0.25, 0.3) is 0 Å². The van der Waals surface area contributed by atoms with E-state index in [9.17, 15) is 4.79 Å². The van der Waals surface area contributed by atoms with E-state index in [1.165, 1.54) is 24.6 Å². The molecule has 1 aliphatic carbocycles. The third-order valence-corrected chi connectivity index (χ3v) is 7.03. The Morgan fingerprint density at radius 3 is 2.52 bits per heavy atom. The Kier molecular flexibility index (Phi) is 6.53. The van der Waals surface area contributed by atoms with Crippen LogP contribution < -0.4 is 15.0 Å². The second-order valence-corrected chi connectivity index (χ2v) is 9.74. The lowest BCUT2D eigenvalue weighted by molar-refractivity contribution is -0.113. The molecular formula is C25H29N5O2S. The van der Waals surface area contributed by atoms with Gasteiger partial charge in [-0.15, -0.1) is 10.2 Å². The Labute approximate surface area is 198 Å². The molecule has 0 atom stereocenters. The van der Waals surface area contributed by atoms with Crippen LogP contribution in [-0.4, -0.2) is 39.5 Å². The molecule has 33 heavy (non-hydrogen) atoms. The van der Waals surface area contributed by atoms with Crippen LogP contribution in [0.1, 0.15) is 38.6 Å². The summed E-state index contributed by atoms with van der Waals surface area (Å²) in [5.41, 5.74) is 0.652. The van der Waals surface area contributed by atoms with Crippen LogP contribution in [0.4, 0.5) is 11.6 Å². The average Bonchev–Trinajstić information content (AvgIpc) is 3.59. The number of nitrogens with zero attached hydrogens (tertiary/aromatic N) is 4. The van der Waals surface area contributed by atoms with Crippen molar-refractivity contribution in [2.75, 3.05) is 29.1 Å². The second-order valence-electron chi connectivity index (χ2n) is 8.80. The Hall–Kier alpha value is -3.00. The molecule has 1 aromatic heterocycles.